The molecule has 0 aromatic carbocycles. The van der Waals surface area contributed by atoms with Crippen LogP contribution < -0.4 is 0 Å². The molecule has 0 saturated carbocycles. The van der Waals surface area contributed by atoms with Gasteiger partial charge in [-0.25, -0.2) is 0 Å². The molecule has 1 rings (SSSR count). The number of rotatable bonds is 3. The second-order valence-electron chi connectivity index (χ2n) is 3.05. The summed E-state index contributed by atoms with van der Waals surface area (Å²) in [6, 6.07) is 0. The SMILES string of the molecule is O=C(O)C1CSCCC1CCF. The van der Waals surface area contributed by atoms with E-state index in [1.54, 1.807) is 11.8 Å². The highest BCUT2D eigenvalue weighted by Gasteiger charge is 2.30. The number of carboxylic acid groups (broad SMARTS) is 1. The topological polar surface area (TPSA) is 37.3 Å². The number of thioether (sulfide) groups is 1. The van der Waals surface area contributed by atoms with Gasteiger partial charge in [0.1, 0.15) is 0 Å². The standard InChI is InChI=1S/C8H13FO2S/c9-3-1-6-2-4-12-5-7(6)8(10)11/h6-7H,1-5H2,(H,10,11). The maximum absolute atomic E-state index is 12.0. The Kier molecular flexibility index (Phi) is 3.85. The first-order chi connectivity index (χ1) is 5.75. The molecule has 70 valence electrons. The third-order valence-electron chi connectivity index (χ3n) is 2.30. The monoisotopic (exact) mass is 192 g/mol. The van der Waals surface area contributed by atoms with Crippen LogP contribution in [0.5, 0.6) is 0 Å². The molecule has 0 radical (unpaired) electrons. The van der Waals surface area contributed by atoms with Gasteiger partial charge in [0, 0.05) is 5.75 Å². The summed E-state index contributed by atoms with van der Waals surface area (Å²) in [6.07, 6.45) is 1.27. The highest BCUT2D eigenvalue weighted by molar-refractivity contribution is 7.99. The zero-order valence-corrected chi connectivity index (χ0v) is 7.65. The van der Waals surface area contributed by atoms with Gasteiger partial charge >= 0.3 is 5.97 Å². The smallest absolute Gasteiger partial charge is 0.307 e. The average Bonchev–Trinajstić information content (AvgIpc) is 2.05. The second kappa shape index (κ2) is 4.70. The maximum Gasteiger partial charge on any atom is 0.307 e. The molecule has 2 nitrogen and oxygen atoms in total. The van der Waals surface area contributed by atoms with Crippen molar-refractivity contribution in [1.82, 2.24) is 0 Å². The third-order valence-corrected chi connectivity index (χ3v) is 3.42. The summed E-state index contributed by atoms with van der Waals surface area (Å²) in [4.78, 5) is 10.7. The molecule has 1 N–H and O–H groups in total. The quantitative estimate of drug-likeness (QED) is 0.740. The van der Waals surface area contributed by atoms with E-state index in [1.165, 1.54) is 0 Å². The van der Waals surface area contributed by atoms with Gasteiger partial charge in [-0.15, -0.1) is 0 Å². The molecule has 1 heterocycles. The number of aliphatic carboxylic acids is 1. The third kappa shape index (κ3) is 2.37. The molecule has 0 bridgehead atoms. The van der Waals surface area contributed by atoms with E-state index in [1.807, 2.05) is 0 Å². The lowest BCUT2D eigenvalue weighted by atomic mass is 9.88. The van der Waals surface area contributed by atoms with E-state index in [2.05, 4.69) is 0 Å². The Morgan fingerprint density at radius 3 is 3.00 bits per heavy atom. The molecule has 4 heteroatoms. The average molecular weight is 192 g/mol. The normalized spacial score (nSPS) is 30.1. The highest BCUT2D eigenvalue weighted by atomic mass is 32.2. The molecule has 0 aliphatic carbocycles. The number of halogens is 1. The summed E-state index contributed by atoms with van der Waals surface area (Å²) in [5, 5.41) is 8.80. The van der Waals surface area contributed by atoms with Crippen LogP contribution in [-0.4, -0.2) is 29.3 Å². The van der Waals surface area contributed by atoms with Crippen molar-refractivity contribution < 1.29 is 14.3 Å². The molecule has 1 saturated heterocycles. The summed E-state index contributed by atoms with van der Waals surface area (Å²) in [7, 11) is 0. The van der Waals surface area contributed by atoms with Gasteiger partial charge < -0.3 is 5.11 Å². The van der Waals surface area contributed by atoms with Gasteiger partial charge in [-0.2, -0.15) is 11.8 Å². The van der Waals surface area contributed by atoms with Crippen molar-refractivity contribution in [3.05, 3.63) is 0 Å². The minimum atomic E-state index is -0.763. The number of hydrogen-bond acceptors (Lipinski definition) is 2. The number of carbonyl (C=O) groups is 1. The van der Waals surface area contributed by atoms with Gasteiger partial charge in [0.15, 0.2) is 0 Å². The van der Waals surface area contributed by atoms with Gasteiger partial charge in [-0.3, -0.25) is 9.18 Å². The van der Waals surface area contributed by atoms with Crippen molar-refractivity contribution in [3.63, 3.8) is 0 Å². The molecular weight excluding hydrogens is 179 g/mol. The van der Waals surface area contributed by atoms with Crippen LogP contribution in [-0.2, 0) is 4.79 Å². The van der Waals surface area contributed by atoms with Crippen LogP contribution in [0.4, 0.5) is 4.39 Å². The zero-order valence-electron chi connectivity index (χ0n) is 6.83. The van der Waals surface area contributed by atoms with Crippen LogP contribution >= 0.6 is 11.8 Å². The first-order valence-corrected chi connectivity index (χ1v) is 5.27. The van der Waals surface area contributed by atoms with Gasteiger partial charge in [-0.05, 0) is 24.5 Å². The van der Waals surface area contributed by atoms with E-state index in [4.69, 9.17) is 5.11 Å². The molecule has 2 atom stereocenters. The maximum atomic E-state index is 12.0. The summed E-state index contributed by atoms with van der Waals surface area (Å²) in [5.74, 6) is 0.614. The van der Waals surface area contributed by atoms with Crippen LogP contribution in [0.2, 0.25) is 0 Å². The van der Waals surface area contributed by atoms with Crippen LogP contribution in [0.1, 0.15) is 12.8 Å². The summed E-state index contributed by atoms with van der Waals surface area (Å²) >= 11 is 1.66. The molecule has 0 spiro atoms. The highest BCUT2D eigenvalue weighted by Crippen LogP contribution is 2.31. The van der Waals surface area contributed by atoms with Crippen molar-refractivity contribution in [2.45, 2.75) is 12.8 Å². The second-order valence-corrected chi connectivity index (χ2v) is 4.20. The van der Waals surface area contributed by atoms with E-state index in [0.717, 1.165) is 12.2 Å². The fraction of sp³-hybridized carbons (Fsp3) is 0.875. The Balaban J connectivity index is 2.48. The molecule has 1 aliphatic heterocycles. The lowest BCUT2D eigenvalue weighted by Crippen LogP contribution is -2.30. The molecule has 0 amide bonds. The van der Waals surface area contributed by atoms with Crippen LogP contribution in [0, 0.1) is 11.8 Å². The predicted octanol–water partition coefficient (Wildman–Crippen LogP) is 1.80. The van der Waals surface area contributed by atoms with Crippen molar-refractivity contribution >= 4 is 17.7 Å². The molecule has 0 aromatic rings. The predicted molar refractivity (Wildman–Crippen MR) is 47.1 cm³/mol. The van der Waals surface area contributed by atoms with Crippen LogP contribution in [0.3, 0.4) is 0 Å². The first-order valence-electron chi connectivity index (χ1n) is 4.12. The Morgan fingerprint density at radius 2 is 2.42 bits per heavy atom. The number of carboxylic acids is 1. The molecule has 2 unspecified atom stereocenters. The van der Waals surface area contributed by atoms with E-state index >= 15 is 0 Å². The fourth-order valence-electron chi connectivity index (χ4n) is 1.54. The molecule has 12 heavy (non-hydrogen) atoms. The van der Waals surface area contributed by atoms with Gasteiger partial charge in [-0.1, -0.05) is 0 Å². The van der Waals surface area contributed by atoms with Gasteiger partial charge in [0.25, 0.3) is 0 Å². The van der Waals surface area contributed by atoms with Gasteiger partial charge in [0.2, 0.25) is 0 Å². The summed E-state index contributed by atoms with van der Waals surface area (Å²) < 4.78 is 12.0. The minimum absolute atomic E-state index is 0.0637. The minimum Gasteiger partial charge on any atom is -0.481 e. The Hall–Kier alpha value is -0.250. The first kappa shape index (κ1) is 9.84. The van der Waals surface area contributed by atoms with Crippen molar-refractivity contribution in [2.75, 3.05) is 18.2 Å². The van der Waals surface area contributed by atoms with E-state index < -0.39 is 5.97 Å². The lowest BCUT2D eigenvalue weighted by Gasteiger charge is -2.27. The van der Waals surface area contributed by atoms with Crippen molar-refractivity contribution in [3.8, 4) is 0 Å². The molecule has 1 fully saturated rings. The summed E-state index contributed by atoms with van der Waals surface area (Å²) in [6.45, 7) is -0.390. The Morgan fingerprint density at radius 1 is 1.67 bits per heavy atom. The zero-order chi connectivity index (χ0) is 8.97. The van der Waals surface area contributed by atoms with Crippen LogP contribution in [0.25, 0.3) is 0 Å². The largest absolute Gasteiger partial charge is 0.481 e. The van der Waals surface area contributed by atoms with E-state index in [9.17, 15) is 9.18 Å². The van der Waals surface area contributed by atoms with Crippen molar-refractivity contribution in [1.29, 1.82) is 0 Å². The van der Waals surface area contributed by atoms with E-state index in [0.29, 0.717) is 12.2 Å². The van der Waals surface area contributed by atoms with Crippen molar-refractivity contribution in [2.24, 2.45) is 11.8 Å². The number of alkyl halides is 1. The lowest BCUT2D eigenvalue weighted by molar-refractivity contribution is -0.143. The molecule has 0 aromatic heterocycles. The summed E-state index contributed by atoms with van der Waals surface area (Å²) in [5.41, 5.74) is 0. The van der Waals surface area contributed by atoms with Crippen LogP contribution in [0.15, 0.2) is 0 Å². The van der Waals surface area contributed by atoms with E-state index in [-0.39, 0.29) is 18.5 Å². The Bertz CT molecular complexity index is 161. The Labute approximate surface area is 75.5 Å². The molecule has 1 aliphatic rings. The number of hydrogen-bond donors (Lipinski definition) is 1. The molecular formula is C8H13FO2S. The van der Waals surface area contributed by atoms with Gasteiger partial charge in [0.05, 0.1) is 12.6 Å². The fourth-order valence-corrected chi connectivity index (χ4v) is 2.85.